The Labute approximate surface area is 117 Å². The molecule has 0 aliphatic heterocycles. The van der Waals surface area contributed by atoms with Crippen LogP contribution in [0.25, 0.3) is 11.1 Å². The van der Waals surface area contributed by atoms with Gasteiger partial charge in [0.25, 0.3) is 0 Å². The first-order valence-electron chi connectivity index (χ1n) is 5.85. The van der Waals surface area contributed by atoms with E-state index >= 15 is 0 Å². The van der Waals surface area contributed by atoms with Crippen molar-refractivity contribution in [1.29, 1.82) is 0 Å². The Morgan fingerprint density at radius 3 is 2.33 bits per heavy atom. The second-order valence-electron chi connectivity index (χ2n) is 4.87. The number of nitrogens with two attached hydrogens (primary N) is 1. The molecule has 1 aliphatic carbocycles. The third-order valence-corrected chi connectivity index (χ3v) is 4.07. The molecule has 3 heteroatoms. The van der Waals surface area contributed by atoms with Crippen LogP contribution in [0.3, 0.4) is 0 Å². The minimum atomic E-state index is -0.152. The summed E-state index contributed by atoms with van der Waals surface area (Å²) < 4.78 is 0. The van der Waals surface area contributed by atoms with Crippen LogP contribution < -0.4 is 5.73 Å². The fourth-order valence-electron chi connectivity index (χ4n) is 2.88. The number of halogens is 2. The van der Waals surface area contributed by atoms with Crippen molar-refractivity contribution >= 4 is 23.2 Å². The summed E-state index contributed by atoms with van der Waals surface area (Å²) in [5.41, 5.74) is 13.2. The van der Waals surface area contributed by atoms with Gasteiger partial charge in [0.1, 0.15) is 0 Å². The highest BCUT2D eigenvalue weighted by atomic mass is 35.5. The lowest BCUT2D eigenvalue weighted by Crippen LogP contribution is -2.10. The lowest BCUT2D eigenvalue weighted by atomic mass is 9.98. The smallest absolute Gasteiger partial charge is 0.0581 e. The van der Waals surface area contributed by atoms with Crippen molar-refractivity contribution in [2.45, 2.75) is 19.9 Å². The molecule has 92 valence electrons. The van der Waals surface area contributed by atoms with Gasteiger partial charge in [0.2, 0.25) is 0 Å². The van der Waals surface area contributed by atoms with Crippen LogP contribution in [0.2, 0.25) is 10.0 Å². The normalized spacial score (nSPS) is 16.6. The molecule has 18 heavy (non-hydrogen) atoms. The maximum absolute atomic E-state index is 6.33. The Bertz CT molecular complexity index is 605. The molecule has 0 fully saturated rings. The number of fused-ring (bicyclic) bond motifs is 3. The van der Waals surface area contributed by atoms with Gasteiger partial charge >= 0.3 is 0 Å². The van der Waals surface area contributed by atoms with E-state index in [1.165, 1.54) is 22.3 Å². The fourth-order valence-corrected chi connectivity index (χ4v) is 3.49. The van der Waals surface area contributed by atoms with Crippen LogP contribution >= 0.6 is 23.2 Å². The standard InChI is InChI=1S/C15H13Cl2N/c1-7-3-8(2)13-10(4-7)11-5-9(16)6-12(17)14(11)15(13)18/h3-6,15H,18H2,1-2H3. The largest absolute Gasteiger partial charge is 0.320 e. The number of hydrogen-bond donors (Lipinski definition) is 1. The first-order chi connectivity index (χ1) is 8.49. The van der Waals surface area contributed by atoms with Crippen LogP contribution in [0, 0.1) is 13.8 Å². The van der Waals surface area contributed by atoms with Crippen LogP contribution in [0.15, 0.2) is 24.3 Å². The van der Waals surface area contributed by atoms with Crippen molar-refractivity contribution in [2.75, 3.05) is 0 Å². The summed E-state index contributed by atoms with van der Waals surface area (Å²) in [6, 6.07) is 7.87. The van der Waals surface area contributed by atoms with E-state index in [9.17, 15) is 0 Å². The number of benzene rings is 2. The fraction of sp³-hybridized carbons (Fsp3) is 0.200. The molecule has 0 radical (unpaired) electrons. The zero-order valence-corrected chi connectivity index (χ0v) is 11.7. The molecular weight excluding hydrogens is 265 g/mol. The summed E-state index contributed by atoms with van der Waals surface area (Å²) in [6.07, 6.45) is 0. The van der Waals surface area contributed by atoms with Crippen molar-refractivity contribution in [3.8, 4) is 11.1 Å². The summed E-state index contributed by atoms with van der Waals surface area (Å²) in [5, 5.41) is 1.30. The molecule has 1 nitrogen and oxygen atoms in total. The summed E-state index contributed by atoms with van der Waals surface area (Å²) >= 11 is 12.4. The first-order valence-corrected chi connectivity index (χ1v) is 6.60. The molecule has 0 saturated heterocycles. The summed E-state index contributed by atoms with van der Waals surface area (Å²) in [7, 11) is 0. The zero-order chi connectivity index (χ0) is 13.0. The van der Waals surface area contributed by atoms with Gasteiger partial charge in [-0.15, -0.1) is 0 Å². The van der Waals surface area contributed by atoms with E-state index in [1.54, 1.807) is 6.07 Å². The molecule has 0 aromatic heterocycles. The molecule has 0 amide bonds. The average molecular weight is 278 g/mol. The predicted molar refractivity (Wildman–Crippen MR) is 77.4 cm³/mol. The summed E-state index contributed by atoms with van der Waals surface area (Å²) in [4.78, 5) is 0. The van der Waals surface area contributed by atoms with E-state index in [4.69, 9.17) is 28.9 Å². The zero-order valence-electron chi connectivity index (χ0n) is 10.2. The number of hydrogen-bond acceptors (Lipinski definition) is 1. The lowest BCUT2D eigenvalue weighted by molar-refractivity contribution is 0.890. The van der Waals surface area contributed by atoms with Crippen molar-refractivity contribution in [3.63, 3.8) is 0 Å². The molecule has 3 rings (SSSR count). The third-order valence-electron chi connectivity index (χ3n) is 3.54. The van der Waals surface area contributed by atoms with Crippen LogP contribution in [0.4, 0.5) is 0 Å². The Hall–Kier alpha value is -1.02. The Balaban J connectivity index is 2.40. The molecule has 0 heterocycles. The minimum absolute atomic E-state index is 0.152. The second-order valence-corrected chi connectivity index (χ2v) is 5.71. The number of aryl methyl sites for hydroxylation is 2. The van der Waals surface area contributed by atoms with Gasteiger partial charge in [-0.3, -0.25) is 0 Å². The van der Waals surface area contributed by atoms with E-state index in [1.807, 2.05) is 6.07 Å². The van der Waals surface area contributed by atoms with Crippen LogP contribution in [-0.2, 0) is 0 Å². The quantitative estimate of drug-likeness (QED) is 0.746. The third kappa shape index (κ3) is 1.58. The van der Waals surface area contributed by atoms with E-state index in [0.29, 0.717) is 10.0 Å². The van der Waals surface area contributed by atoms with E-state index < -0.39 is 0 Å². The summed E-state index contributed by atoms with van der Waals surface area (Å²) in [5.74, 6) is 0. The predicted octanol–water partition coefficient (Wildman–Crippen LogP) is 4.64. The molecule has 1 aliphatic rings. The van der Waals surface area contributed by atoms with Gasteiger partial charge in [0, 0.05) is 10.0 Å². The highest BCUT2D eigenvalue weighted by Crippen LogP contribution is 2.48. The molecule has 2 aromatic rings. The van der Waals surface area contributed by atoms with Gasteiger partial charge in [-0.25, -0.2) is 0 Å². The molecule has 1 atom stereocenters. The van der Waals surface area contributed by atoms with E-state index in [-0.39, 0.29) is 6.04 Å². The van der Waals surface area contributed by atoms with Crippen LogP contribution in [0.5, 0.6) is 0 Å². The SMILES string of the molecule is Cc1cc(C)c2c(c1)-c1cc(Cl)cc(Cl)c1C2N. The molecule has 1 unspecified atom stereocenters. The van der Waals surface area contributed by atoms with Gasteiger partial charge in [-0.2, -0.15) is 0 Å². The molecular formula is C15H13Cl2N. The maximum atomic E-state index is 6.33. The Morgan fingerprint density at radius 1 is 0.944 bits per heavy atom. The Morgan fingerprint density at radius 2 is 1.61 bits per heavy atom. The van der Waals surface area contributed by atoms with Crippen LogP contribution in [-0.4, -0.2) is 0 Å². The van der Waals surface area contributed by atoms with Gasteiger partial charge in [0.15, 0.2) is 0 Å². The van der Waals surface area contributed by atoms with Crippen molar-refractivity contribution in [3.05, 3.63) is 56.6 Å². The van der Waals surface area contributed by atoms with Gasteiger partial charge < -0.3 is 5.73 Å². The van der Waals surface area contributed by atoms with Crippen molar-refractivity contribution < 1.29 is 0 Å². The molecule has 0 bridgehead atoms. The topological polar surface area (TPSA) is 26.0 Å². The molecule has 0 saturated carbocycles. The van der Waals surface area contributed by atoms with Gasteiger partial charge in [-0.1, -0.05) is 40.9 Å². The number of rotatable bonds is 0. The second kappa shape index (κ2) is 3.99. The van der Waals surface area contributed by atoms with Crippen LogP contribution in [0.1, 0.15) is 28.3 Å². The minimum Gasteiger partial charge on any atom is -0.320 e. The van der Waals surface area contributed by atoms with Gasteiger partial charge in [0.05, 0.1) is 6.04 Å². The Kier molecular flexibility index (Phi) is 2.67. The highest BCUT2D eigenvalue weighted by Gasteiger charge is 2.30. The molecule has 2 aromatic carbocycles. The first kappa shape index (κ1) is 12.0. The average Bonchev–Trinajstić information content (AvgIpc) is 2.52. The van der Waals surface area contributed by atoms with Crippen molar-refractivity contribution in [2.24, 2.45) is 5.73 Å². The summed E-state index contributed by atoms with van der Waals surface area (Å²) in [6.45, 7) is 4.18. The van der Waals surface area contributed by atoms with Crippen molar-refractivity contribution in [1.82, 2.24) is 0 Å². The lowest BCUT2D eigenvalue weighted by Gasteiger charge is -2.11. The van der Waals surface area contributed by atoms with E-state index in [0.717, 1.165) is 11.1 Å². The van der Waals surface area contributed by atoms with Gasteiger partial charge in [-0.05, 0) is 53.8 Å². The molecule has 0 spiro atoms. The molecule has 2 N–H and O–H groups in total. The monoisotopic (exact) mass is 277 g/mol. The van der Waals surface area contributed by atoms with E-state index in [2.05, 4.69) is 26.0 Å². The highest BCUT2D eigenvalue weighted by molar-refractivity contribution is 6.36. The maximum Gasteiger partial charge on any atom is 0.0581 e.